The number of amides is 1. The Bertz CT molecular complexity index is 461. The SMILES string of the molecule is CC1CC(C)CN(C(=O)C(C)N2CCCC(N(C)CC(=O)O)CC2)C1. The van der Waals surface area contributed by atoms with Crippen molar-refractivity contribution in [2.75, 3.05) is 39.8 Å². The van der Waals surface area contributed by atoms with Crippen LogP contribution in [-0.4, -0.2) is 83.5 Å². The highest BCUT2D eigenvalue weighted by Crippen LogP contribution is 2.23. The Labute approximate surface area is 152 Å². The maximum absolute atomic E-state index is 13.0. The molecule has 1 amide bonds. The number of carboxylic acids is 1. The van der Waals surface area contributed by atoms with Gasteiger partial charge in [0.05, 0.1) is 12.6 Å². The van der Waals surface area contributed by atoms with Crippen LogP contribution in [0.4, 0.5) is 0 Å². The number of carbonyl (C=O) groups excluding carboxylic acids is 1. The van der Waals surface area contributed by atoms with Crippen molar-refractivity contribution in [3.63, 3.8) is 0 Å². The molecule has 0 radical (unpaired) electrons. The van der Waals surface area contributed by atoms with Crippen LogP contribution in [0.25, 0.3) is 0 Å². The van der Waals surface area contributed by atoms with E-state index in [-0.39, 0.29) is 18.5 Å². The lowest BCUT2D eigenvalue weighted by atomic mass is 9.91. The Morgan fingerprint density at radius 2 is 1.80 bits per heavy atom. The minimum absolute atomic E-state index is 0.0824. The second-order valence-corrected chi connectivity index (χ2v) is 8.29. The van der Waals surface area contributed by atoms with Crippen LogP contribution in [0.3, 0.4) is 0 Å². The lowest BCUT2D eigenvalue weighted by Crippen LogP contribution is -2.51. The summed E-state index contributed by atoms with van der Waals surface area (Å²) in [5.74, 6) is 0.646. The molecule has 144 valence electrons. The van der Waals surface area contributed by atoms with Gasteiger partial charge in [-0.05, 0) is 58.0 Å². The maximum atomic E-state index is 13.0. The molecule has 0 saturated carbocycles. The van der Waals surface area contributed by atoms with Gasteiger partial charge in [0.1, 0.15) is 0 Å². The Morgan fingerprint density at radius 1 is 1.16 bits per heavy atom. The van der Waals surface area contributed by atoms with E-state index < -0.39 is 5.97 Å². The topological polar surface area (TPSA) is 64.1 Å². The summed E-state index contributed by atoms with van der Waals surface area (Å²) < 4.78 is 0. The molecule has 2 heterocycles. The summed E-state index contributed by atoms with van der Waals surface area (Å²) >= 11 is 0. The summed E-state index contributed by atoms with van der Waals surface area (Å²) in [5.41, 5.74) is 0. The smallest absolute Gasteiger partial charge is 0.317 e. The van der Waals surface area contributed by atoms with Crippen molar-refractivity contribution in [1.82, 2.24) is 14.7 Å². The monoisotopic (exact) mass is 353 g/mol. The second-order valence-electron chi connectivity index (χ2n) is 8.29. The normalized spacial score (nSPS) is 30.1. The van der Waals surface area contributed by atoms with Crippen LogP contribution in [0.1, 0.15) is 46.5 Å². The molecule has 0 aromatic carbocycles. The van der Waals surface area contributed by atoms with Gasteiger partial charge >= 0.3 is 5.97 Å². The molecule has 4 unspecified atom stereocenters. The molecule has 0 aromatic rings. The van der Waals surface area contributed by atoms with Crippen molar-refractivity contribution in [2.45, 2.75) is 58.5 Å². The molecule has 6 nitrogen and oxygen atoms in total. The molecule has 6 heteroatoms. The van der Waals surface area contributed by atoms with Crippen LogP contribution >= 0.6 is 0 Å². The third-order valence-electron chi connectivity index (χ3n) is 5.83. The predicted octanol–water partition coefficient (Wildman–Crippen LogP) is 1.75. The van der Waals surface area contributed by atoms with Gasteiger partial charge in [-0.15, -0.1) is 0 Å². The number of hydrogen-bond donors (Lipinski definition) is 1. The molecular weight excluding hydrogens is 318 g/mol. The van der Waals surface area contributed by atoms with Crippen LogP contribution < -0.4 is 0 Å². The number of nitrogens with zero attached hydrogens (tertiary/aromatic N) is 3. The first-order valence-corrected chi connectivity index (χ1v) is 9.72. The molecule has 2 fully saturated rings. The number of carboxylic acid groups (broad SMARTS) is 1. The standard InChI is InChI=1S/C19H35N3O3/c1-14-10-15(2)12-22(11-14)19(25)16(3)21-8-5-6-17(7-9-21)20(4)13-18(23)24/h14-17H,5-13H2,1-4H3,(H,23,24). The average molecular weight is 354 g/mol. The van der Waals surface area contributed by atoms with Crippen molar-refractivity contribution in [1.29, 1.82) is 0 Å². The van der Waals surface area contributed by atoms with E-state index in [9.17, 15) is 9.59 Å². The highest BCUT2D eigenvalue weighted by Gasteiger charge is 2.32. The van der Waals surface area contributed by atoms with E-state index in [1.165, 1.54) is 6.42 Å². The number of piperidine rings is 1. The summed E-state index contributed by atoms with van der Waals surface area (Å²) in [7, 11) is 1.89. The summed E-state index contributed by atoms with van der Waals surface area (Å²) in [6.45, 7) is 10.1. The Morgan fingerprint density at radius 3 is 2.40 bits per heavy atom. The number of rotatable bonds is 5. The molecule has 25 heavy (non-hydrogen) atoms. The van der Waals surface area contributed by atoms with Crippen molar-refractivity contribution < 1.29 is 14.7 Å². The van der Waals surface area contributed by atoms with Crippen LogP contribution in [-0.2, 0) is 9.59 Å². The Hall–Kier alpha value is -1.14. The van der Waals surface area contributed by atoms with Gasteiger partial charge in [0.15, 0.2) is 0 Å². The zero-order chi connectivity index (χ0) is 18.6. The molecule has 1 N–H and O–H groups in total. The van der Waals surface area contributed by atoms with Crippen LogP contribution in [0.2, 0.25) is 0 Å². The molecule has 2 rings (SSSR count). The first kappa shape index (κ1) is 20.2. The fourth-order valence-electron chi connectivity index (χ4n) is 4.53. The number of hydrogen-bond acceptors (Lipinski definition) is 4. The van der Waals surface area contributed by atoms with E-state index in [1.807, 2.05) is 18.9 Å². The molecule has 0 aromatic heterocycles. The zero-order valence-corrected chi connectivity index (χ0v) is 16.3. The lowest BCUT2D eigenvalue weighted by Gasteiger charge is -2.38. The summed E-state index contributed by atoms with van der Waals surface area (Å²) in [4.78, 5) is 30.2. The number of likely N-dealkylation sites (N-methyl/N-ethyl adjacent to an activating group) is 1. The minimum Gasteiger partial charge on any atom is -0.480 e. The van der Waals surface area contributed by atoms with Crippen LogP contribution in [0.5, 0.6) is 0 Å². The molecule has 2 aliphatic rings. The first-order valence-electron chi connectivity index (χ1n) is 9.72. The second kappa shape index (κ2) is 8.99. The van der Waals surface area contributed by atoms with Gasteiger partial charge in [0.25, 0.3) is 0 Å². The fraction of sp³-hybridized carbons (Fsp3) is 0.895. The van der Waals surface area contributed by atoms with Crippen molar-refractivity contribution in [2.24, 2.45) is 11.8 Å². The van der Waals surface area contributed by atoms with Gasteiger partial charge in [-0.1, -0.05) is 13.8 Å². The highest BCUT2D eigenvalue weighted by molar-refractivity contribution is 5.81. The van der Waals surface area contributed by atoms with Crippen LogP contribution in [0.15, 0.2) is 0 Å². The molecular formula is C19H35N3O3. The van der Waals surface area contributed by atoms with Crippen molar-refractivity contribution >= 4 is 11.9 Å². The van der Waals surface area contributed by atoms with E-state index in [4.69, 9.17) is 5.11 Å². The largest absolute Gasteiger partial charge is 0.480 e. The van der Waals surface area contributed by atoms with E-state index in [2.05, 4.69) is 23.6 Å². The predicted molar refractivity (Wildman–Crippen MR) is 98.5 cm³/mol. The minimum atomic E-state index is -0.777. The molecule has 4 atom stereocenters. The Kier molecular flexibility index (Phi) is 7.25. The van der Waals surface area contributed by atoms with E-state index in [1.54, 1.807) is 0 Å². The zero-order valence-electron chi connectivity index (χ0n) is 16.3. The number of carbonyl (C=O) groups is 2. The molecule has 0 spiro atoms. The third-order valence-corrected chi connectivity index (χ3v) is 5.83. The quantitative estimate of drug-likeness (QED) is 0.816. The van der Waals surface area contributed by atoms with Gasteiger partial charge in [-0.25, -0.2) is 0 Å². The van der Waals surface area contributed by atoms with Gasteiger partial charge in [-0.3, -0.25) is 19.4 Å². The lowest BCUT2D eigenvalue weighted by molar-refractivity contribution is -0.139. The molecule has 2 aliphatic heterocycles. The average Bonchev–Trinajstić information content (AvgIpc) is 2.78. The van der Waals surface area contributed by atoms with E-state index in [0.717, 1.165) is 45.4 Å². The Balaban J connectivity index is 1.90. The summed E-state index contributed by atoms with van der Waals surface area (Å²) in [6.07, 6.45) is 4.14. The fourth-order valence-corrected chi connectivity index (χ4v) is 4.53. The summed E-state index contributed by atoms with van der Waals surface area (Å²) in [6, 6.07) is 0.208. The number of aliphatic carboxylic acids is 1. The van der Waals surface area contributed by atoms with E-state index >= 15 is 0 Å². The number of likely N-dealkylation sites (tertiary alicyclic amines) is 2. The molecule has 0 aliphatic carbocycles. The van der Waals surface area contributed by atoms with Crippen molar-refractivity contribution in [3.8, 4) is 0 Å². The summed E-state index contributed by atoms with van der Waals surface area (Å²) in [5, 5.41) is 8.98. The van der Waals surface area contributed by atoms with Gasteiger partial charge in [-0.2, -0.15) is 0 Å². The first-order chi connectivity index (χ1) is 11.8. The van der Waals surface area contributed by atoms with Gasteiger partial charge in [0, 0.05) is 25.7 Å². The molecule has 0 bridgehead atoms. The van der Waals surface area contributed by atoms with Crippen molar-refractivity contribution in [3.05, 3.63) is 0 Å². The van der Waals surface area contributed by atoms with Gasteiger partial charge < -0.3 is 10.0 Å². The highest BCUT2D eigenvalue weighted by atomic mass is 16.4. The molecule has 2 saturated heterocycles. The third kappa shape index (κ3) is 5.68. The van der Waals surface area contributed by atoms with Crippen LogP contribution in [0, 0.1) is 11.8 Å². The van der Waals surface area contributed by atoms with E-state index in [0.29, 0.717) is 17.9 Å². The maximum Gasteiger partial charge on any atom is 0.317 e. The van der Waals surface area contributed by atoms with Gasteiger partial charge in [0.2, 0.25) is 5.91 Å².